The van der Waals surface area contributed by atoms with Crippen LogP contribution in [0.15, 0.2) is 6.33 Å². The maximum absolute atomic E-state index is 11.3. The Kier molecular flexibility index (Phi) is 5.90. The minimum atomic E-state index is -0.289. The van der Waals surface area contributed by atoms with Crippen LogP contribution in [0.4, 0.5) is 11.6 Å². The van der Waals surface area contributed by atoms with Crippen molar-refractivity contribution in [3.8, 4) is 0 Å². The first kappa shape index (κ1) is 14.2. The molecule has 0 fully saturated rings. The minimum Gasteiger partial charge on any atom is -0.465 e. The number of carbonyl (C=O) groups is 1. The fourth-order valence-corrected chi connectivity index (χ4v) is 1.59. The third-order valence-electron chi connectivity index (χ3n) is 2.35. The molecule has 0 aliphatic heterocycles. The number of esters is 1. The Morgan fingerprint density at radius 3 is 2.44 bits per heavy atom. The molecule has 18 heavy (non-hydrogen) atoms. The SMILES string of the molecule is CCNc1ncnc(NCC(=O)OCC)c1CC. The van der Waals surface area contributed by atoms with E-state index in [1.807, 2.05) is 13.8 Å². The maximum atomic E-state index is 11.3. The maximum Gasteiger partial charge on any atom is 0.325 e. The number of aromatic nitrogens is 2. The lowest BCUT2D eigenvalue weighted by Gasteiger charge is -2.13. The monoisotopic (exact) mass is 252 g/mol. The van der Waals surface area contributed by atoms with Crippen LogP contribution in [0.2, 0.25) is 0 Å². The van der Waals surface area contributed by atoms with Gasteiger partial charge in [0.25, 0.3) is 0 Å². The molecule has 0 aromatic carbocycles. The topological polar surface area (TPSA) is 76.1 Å². The first-order valence-corrected chi connectivity index (χ1v) is 6.20. The van der Waals surface area contributed by atoms with Gasteiger partial charge in [0, 0.05) is 12.1 Å². The number of ether oxygens (including phenoxy) is 1. The summed E-state index contributed by atoms with van der Waals surface area (Å²) in [6.45, 7) is 7.10. The van der Waals surface area contributed by atoms with Crippen LogP contribution in [0.1, 0.15) is 26.3 Å². The van der Waals surface area contributed by atoms with E-state index >= 15 is 0 Å². The second kappa shape index (κ2) is 7.47. The molecule has 0 aliphatic carbocycles. The van der Waals surface area contributed by atoms with Gasteiger partial charge in [-0.05, 0) is 20.3 Å². The molecule has 1 rings (SSSR count). The molecule has 0 saturated heterocycles. The Hall–Kier alpha value is -1.85. The molecule has 2 N–H and O–H groups in total. The molecule has 1 aromatic rings. The van der Waals surface area contributed by atoms with E-state index in [4.69, 9.17) is 4.74 Å². The number of carbonyl (C=O) groups excluding carboxylic acids is 1. The van der Waals surface area contributed by atoms with Gasteiger partial charge in [-0.25, -0.2) is 9.97 Å². The van der Waals surface area contributed by atoms with Gasteiger partial charge in [-0.15, -0.1) is 0 Å². The minimum absolute atomic E-state index is 0.115. The molecule has 0 unspecified atom stereocenters. The summed E-state index contributed by atoms with van der Waals surface area (Å²) in [5.74, 6) is 1.20. The van der Waals surface area contributed by atoms with Crippen molar-refractivity contribution in [1.29, 1.82) is 0 Å². The van der Waals surface area contributed by atoms with Crippen LogP contribution in [-0.2, 0) is 16.0 Å². The Morgan fingerprint density at radius 1 is 1.22 bits per heavy atom. The van der Waals surface area contributed by atoms with Gasteiger partial charge in [-0.1, -0.05) is 6.92 Å². The second-order valence-corrected chi connectivity index (χ2v) is 3.59. The van der Waals surface area contributed by atoms with E-state index in [1.165, 1.54) is 6.33 Å². The van der Waals surface area contributed by atoms with Gasteiger partial charge in [0.1, 0.15) is 24.5 Å². The molecule has 0 bridgehead atoms. The molecule has 100 valence electrons. The number of hydrogen-bond donors (Lipinski definition) is 2. The molecule has 0 amide bonds. The van der Waals surface area contributed by atoms with Crippen molar-refractivity contribution in [3.05, 3.63) is 11.9 Å². The van der Waals surface area contributed by atoms with E-state index in [1.54, 1.807) is 6.92 Å². The molecule has 0 spiro atoms. The van der Waals surface area contributed by atoms with E-state index < -0.39 is 0 Å². The van der Waals surface area contributed by atoms with Crippen LogP contribution in [0, 0.1) is 0 Å². The summed E-state index contributed by atoms with van der Waals surface area (Å²) in [6, 6.07) is 0. The van der Waals surface area contributed by atoms with Crippen molar-refractivity contribution in [2.45, 2.75) is 27.2 Å². The van der Waals surface area contributed by atoms with Crippen molar-refractivity contribution in [1.82, 2.24) is 9.97 Å². The van der Waals surface area contributed by atoms with Gasteiger partial charge in [-0.2, -0.15) is 0 Å². The fraction of sp³-hybridized carbons (Fsp3) is 0.583. The highest BCUT2D eigenvalue weighted by Gasteiger charge is 2.10. The van der Waals surface area contributed by atoms with Crippen LogP contribution in [0.5, 0.6) is 0 Å². The molecule has 0 radical (unpaired) electrons. The highest BCUT2D eigenvalue weighted by molar-refractivity contribution is 5.75. The van der Waals surface area contributed by atoms with Gasteiger partial charge in [-0.3, -0.25) is 4.79 Å². The zero-order chi connectivity index (χ0) is 13.4. The third-order valence-corrected chi connectivity index (χ3v) is 2.35. The predicted octanol–water partition coefficient (Wildman–Crippen LogP) is 1.45. The lowest BCUT2D eigenvalue weighted by atomic mass is 10.2. The smallest absolute Gasteiger partial charge is 0.325 e. The largest absolute Gasteiger partial charge is 0.465 e. The Labute approximate surface area is 107 Å². The van der Waals surface area contributed by atoms with E-state index in [-0.39, 0.29) is 12.5 Å². The third kappa shape index (κ3) is 3.87. The van der Waals surface area contributed by atoms with Gasteiger partial charge in [0.2, 0.25) is 0 Å². The summed E-state index contributed by atoms with van der Waals surface area (Å²) in [7, 11) is 0. The molecular formula is C12H20N4O2. The number of nitrogens with one attached hydrogen (secondary N) is 2. The average Bonchev–Trinajstić information content (AvgIpc) is 2.37. The Balaban J connectivity index is 2.75. The van der Waals surface area contributed by atoms with Crippen LogP contribution in [-0.4, -0.2) is 35.6 Å². The molecular weight excluding hydrogens is 232 g/mol. The second-order valence-electron chi connectivity index (χ2n) is 3.59. The normalized spacial score (nSPS) is 9.94. The van der Waals surface area contributed by atoms with E-state index in [9.17, 15) is 4.79 Å². The number of hydrogen-bond acceptors (Lipinski definition) is 6. The van der Waals surface area contributed by atoms with E-state index in [0.717, 1.165) is 24.3 Å². The average molecular weight is 252 g/mol. The summed E-state index contributed by atoms with van der Waals surface area (Å²) in [4.78, 5) is 19.6. The summed E-state index contributed by atoms with van der Waals surface area (Å²) in [5.41, 5.74) is 0.976. The molecule has 0 saturated carbocycles. The molecule has 0 aliphatic rings. The van der Waals surface area contributed by atoms with Crippen LogP contribution < -0.4 is 10.6 Å². The molecule has 1 heterocycles. The quantitative estimate of drug-likeness (QED) is 0.715. The number of nitrogens with zero attached hydrogens (tertiary/aromatic N) is 2. The highest BCUT2D eigenvalue weighted by atomic mass is 16.5. The molecule has 6 heteroatoms. The zero-order valence-electron chi connectivity index (χ0n) is 11.1. The highest BCUT2D eigenvalue weighted by Crippen LogP contribution is 2.19. The molecule has 6 nitrogen and oxygen atoms in total. The van der Waals surface area contributed by atoms with E-state index in [0.29, 0.717) is 12.4 Å². The first-order chi connectivity index (χ1) is 8.72. The lowest BCUT2D eigenvalue weighted by molar-refractivity contribution is -0.140. The zero-order valence-corrected chi connectivity index (χ0v) is 11.1. The van der Waals surface area contributed by atoms with Crippen LogP contribution in [0.25, 0.3) is 0 Å². The van der Waals surface area contributed by atoms with E-state index in [2.05, 4.69) is 20.6 Å². The van der Waals surface area contributed by atoms with Crippen molar-refractivity contribution >= 4 is 17.6 Å². The number of rotatable bonds is 7. The predicted molar refractivity (Wildman–Crippen MR) is 70.7 cm³/mol. The lowest BCUT2D eigenvalue weighted by Crippen LogP contribution is -2.19. The van der Waals surface area contributed by atoms with Crippen molar-refractivity contribution in [2.75, 3.05) is 30.3 Å². The fourth-order valence-electron chi connectivity index (χ4n) is 1.59. The van der Waals surface area contributed by atoms with Crippen molar-refractivity contribution < 1.29 is 9.53 Å². The van der Waals surface area contributed by atoms with Gasteiger partial charge in [0.15, 0.2) is 0 Å². The van der Waals surface area contributed by atoms with Crippen LogP contribution >= 0.6 is 0 Å². The van der Waals surface area contributed by atoms with Gasteiger partial charge < -0.3 is 15.4 Å². The summed E-state index contributed by atoms with van der Waals surface area (Å²) < 4.78 is 4.85. The van der Waals surface area contributed by atoms with Crippen molar-refractivity contribution in [2.24, 2.45) is 0 Å². The van der Waals surface area contributed by atoms with Gasteiger partial charge >= 0.3 is 5.97 Å². The first-order valence-electron chi connectivity index (χ1n) is 6.20. The summed E-state index contributed by atoms with van der Waals surface area (Å²) >= 11 is 0. The van der Waals surface area contributed by atoms with Gasteiger partial charge in [0.05, 0.1) is 6.61 Å². The Morgan fingerprint density at radius 2 is 1.89 bits per heavy atom. The van der Waals surface area contributed by atoms with Crippen LogP contribution in [0.3, 0.4) is 0 Å². The number of anilines is 2. The molecule has 1 aromatic heterocycles. The summed E-state index contributed by atoms with van der Waals surface area (Å²) in [5, 5.41) is 6.15. The standard InChI is InChI=1S/C12H20N4O2/c1-4-9-11(13-5-2)15-8-16-12(9)14-7-10(17)18-6-3/h8H,4-7H2,1-3H3,(H2,13,14,15,16). The van der Waals surface area contributed by atoms with Crippen molar-refractivity contribution in [3.63, 3.8) is 0 Å². The molecule has 0 atom stereocenters. The Bertz CT molecular complexity index is 396. The summed E-state index contributed by atoms with van der Waals surface area (Å²) in [6.07, 6.45) is 2.26.